The summed E-state index contributed by atoms with van der Waals surface area (Å²) in [5.41, 5.74) is 0. The molecule has 128 valence electrons. The Labute approximate surface area is 131 Å². The minimum atomic E-state index is -0.583. The summed E-state index contributed by atoms with van der Waals surface area (Å²) in [6, 6.07) is 0. The van der Waals surface area contributed by atoms with E-state index < -0.39 is 12.1 Å². The second kappa shape index (κ2) is 11.8. The second-order valence-electron chi connectivity index (χ2n) is 4.33. The van der Waals surface area contributed by atoms with Crippen molar-refractivity contribution in [1.82, 2.24) is 9.80 Å². The van der Waals surface area contributed by atoms with Gasteiger partial charge in [-0.3, -0.25) is 14.5 Å². The fourth-order valence-electron chi connectivity index (χ4n) is 1.61. The molecule has 0 aliphatic heterocycles. The van der Waals surface area contributed by atoms with E-state index >= 15 is 0 Å². The van der Waals surface area contributed by atoms with Gasteiger partial charge in [-0.05, 0) is 20.8 Å². The summed E-state index contributed by atoms with van der Waals surface area (Å²) in [5, 5.41) is 0. The molecule has 0 aromatic rings. The first-order valence-corrected chi connectivity index (χ1v) is 7.34. The van der Waals surface area contributed by atoms with Crippen LogP contribution >= 0.6 is 0 Å². The normalized spacial score (nSPS) is 10.0. The van der Waals surface area contributed by atoms with Crippen LogP contribution in [0.1, 0.15) is 20.8 Å². The molecular formula is C14H26N2O6. The van der Waals surface area contributed by atoms with Crippen molar-refractivity contribution in [2.24, 2.45) is 0 Å². The van der Waals surface area contributed by atoms with E-state index in [1.165, 1.54) is 16.9 Å². The third-order valence-corrected chi connectivity index (χ3v) is 2.84. The number of nitrogens with zero attached hydrogens (tertiary/aromatic N) is 2. The van der Waals surface area contributed by atoms with Crippen molar-refractivity contribution < 1.29 is 28.6 Å². The van der Waals surface area contributed by atoms with Gasteiger partial charge in [0.05, 0.1) is 13.2 Å². The Hall–Kier alpha value is -1.83. The van der Waals surface area contributed by atoms with Crippen LogP contribution in [0.4, 0.5) is 4.79 Å². The maximum absolute atomic E-state index is 12.2. The van der Waals surface area contributed by atoms with Crippen LogP contribution in [0, 0.1) is 0 Å². The lowest BCUT2D eigenvalue weighted by atomic mass is 10.4. The summed E-state index contributed by atoms with van der Waals surface area (Å²) in [5.74, 6) is -0.801. The SMILES string of the molecule is CCOC(=O)CN(CC)C(=O)CN(CC)C(=O)OCCOC. The predicted octanol–water partition coefficient (Wildman–Crippen LogP) is 0.503. The van der Waals surface area contributed by atoms with Gasteiger partial charge in [-0.1, -0.05) is 0 Å². The zero-order valence-corrected chi connectivity index (χ0v) is 13.8. The molecule has 8 nitrogen and oxygen atoms in total. The van der Waals surface area contributed by atoms with Crippen LogP contribution in [0.15, 0.2) is 0 Å². The highest BCUT2D eigenvalue weighted by molar-refractivity contribution is 5.85. The lowest BCUT2D eigenvalue weighted by Gasteiger charge is -2.25. The van der Waals surface area contributed by atoms with Gasteiger partial charge in [-0.2, -0.15) is 0 Å². The molecule has 0 radical (unpaired) electrons. The Bertz CT molecular complexity index is 361. The lowest BCUT2D eigenvalue weighted by Crippen LogP contribution is -2.45. The van der Waals surface area contributed by atoms with Gasteiger partial charge in [0.1, 0.15) is 19.7 Å². The first kappa shape index (κ1) is 20.2. The number of amides is 2. The molecule has 2 amide bonds. The Kier molecular flexibility index (Phi) is 10.8. The predicted molar refractivity (Wildman–Crippen MR) is 79.4 cm³/mol. The fraction of sp³-hybridized carbons (Fsp3) is 0.786. The topological polar surface area (TPSA) is 85.4 Å². The Morgan fingerprint density at radius 2 is 1.50 bits per heavy atom. The lowest BCUT2D eigenvalue weighted by molar-refractivity contribution is -0.149. The highest BCUT2D eigenvalue weighted by atomic mass is 16.6. The zero-order valence-electron chi connectivity index (χ0n) is 13.8. The first-order valence-electron chi connectivity index (χ1n) is 7.34. The summed E-state index contributed by atoms with van der Waals surface area (Å²) in [7, 11) is 1.50. The molecule has 0 aromatic carbocycles. The smallest absolute Gasteiger partial charge is 0.410 e. The maximum Gasteiger partial charge on any atom is 0.410 e. The quantitative estimate of drug-likeness (QED) is 0.431. The van der Waals surface area contributed by atoms with Crippen LogP contribution in [0.5, 0.6) is 0 Å². The molecule has 8 heteroatoms. The van der Waals surface area contributed by atoms with Gasteiger partial charge in [0, 0.05) is 20.2 Å². The number of carbonyl (C=O) groups is 3. The van der Waals surface area contributed by atoms with Crippen LogP contribution in [0.25, 0.3) is 0 Å². The fourth-order valence-corrected chi connectivity index (χ4v) is 1.61. The van der Waals surface area contributed by atoms with Crippen LogP contribution in [-0.4, -0.2) is 80.9 Å². The molecule has 0 aromatic heterocycles. The highest BCUT2D eigenvalue weighted by Crippen LogP contribution is 1.99. The average Bonchev–Trinajstić information content (AvgIpc) is 2.50. The van der Waals surface area contributed by atoms with E-state index in [4.69, 9.17) is 14.2 Å². The molecule has 0 rings (SSSR count). The maximum atomic E-state index is 12.2. The largest absolute Gasteiger partial charge is 0.465 e. The molecule has 0 aliphatic carbocycles. The van der Waals surface area contributed by atoms with Crippen LogP contribution in [0.2, 0.25) is 0 Å². The van der Waals surface area contributed by atoms with E-state index in [0.29, 0.717) is 19.7 Å². The molecule has 0 N–H and O–H groups in total. The monoisotopic (exact) mass is 318 g/mol. The van der Waals surface area contributed by atoms with E-state index in [1.54, 1.807) is 20.8 Å². The average molecular weight is 318 g/mol. The van der Waals surface area contributed by atoms with Gasteiger partial charge in [-0.15, -0.1) is 0 Å². The summed E-state index contributed by atoms with van der Waals surface area (Å²) in [6.07, 6.45) is -0.583. The molecule has 0 saturated heterocycles. The molecule has 0 atom stereocenters. The third kappa shape index (κ3) is 7.82. The molecule has 0 fully saturated rings. The molecule has 0 bridgehead atoms. The molecule has 22 heavy (non-hydrogen) atoms. The van der Waals surface area contributed by atoms with Gasteiger partial charge in [0.2, 0.25) is 5.91 Å². The Morgan fingerprint density at radius 3 is 2.00 bits per heavy atom. The van der Waals surface area contributed by atoms with Crippen molar-refractivity contribution in [2.75, 3.05) is 53.1 Å². The van der Waals surface area contributed by atoms with Crippen molar-refractivity contribution in [2.45, 2.75) is 20.8 Å². The van der Waals surface area contributed by atoms with Crippen molar-refractivity contribution in [3.63, 3.8) is 0 Å². The zero-order chi connectivity index (χ0) is 17.0. The highest BCUT2D eigenvalue weighted by Gasteiger charge is 2.22. The number of rotatable bonds is 10. The van der Waals surface area contributed by atoms with Gasteiger partial charge in [0.25, 0.3) is 0 Å². The van der Waals surface area contributed by atoms with Crippen LogP contribution < -0.4 is 0 Å². The van der Waals surface area contributed by atoms with E-state index in [-0.39, 0.29) is 32.2 Å². The number of carbonyl (C=O) groups excluding carboxylic acids is 3. The Balaban J connectivity index is 4.47. The van der Waals surface area contributed by atoms with Gasteiger partial charge < -0.3 is 19.1 Å². The minimum Gasteiger partial charge on any atom is -0.465 e. The number of ether oxygens (including phenoxy) is 3. The molecule has 0 spiro atoms. The summed E-state index contributed by atoms with van der Waals surface area (Å²) >= 11 is 0. The number of hydrogen-bond donors (Lipinski definition) is 0. The van der Waals surface area contributed by atoms with E-state index in [1.807, 2.05) is 0 Å². The van der Waals surface area contributed by atoms with E-state index in [9.17, 15) is 14.4 Å². The molecule has 0 heterocycles. The molecule has 0 unspecified atom stereocenters. The molecule has 0 saturated carbocycles. The molecular weight excluding hydrogens is 292 g/mol. The summed E-state index contributed by atoms with van der Waals surface area (Å²) in [4.78, 5) is 38.0. The number of esters is 1. The first-order chi connectivity index (χ1) is 10.5. The van der Waals surface area contributed by atoms with Crippen molar-refractivity contribution in [3.8, 4) is 0 Å². The molecule has 0 aliphatic rings. The van der Waals surface area contributed by atoms with Crippen molar-refractivity contribution in [3.05, 3.63) is 0 Å². The van der Waals surface area contributed by atoms with E-state index in [0.717, 1.165) is 0 Å². The van der Waals surface area contributed by atoms with Crippen molar-refractivity contribution >= 4 is 18.0 Å². The summed E-state index contributed by atoms with van der Waals surface area (Å²) < 4.78 is 14.6. The van der Waals surface area contributed by atoms with Gasteiger partial charge in [-0.25, -0.2) is 4.79 Å². The Morgan fingerprint density at radius 1 is 0.864 bits per heavy atom. The van der Waals surface area contributed by atoms with E-state index in [2.05, 4.69) is 0 Å². The summed E-state index contributed by atoms with van der Waals surface area (Å²) in [6.45, 7) is 6.29. The standard InChI is InChI=1S/C14H26N2O6/c1-5-15(11-13(18)21-7-3)12(17)10-16(6-2)14(19)22-9-8-20-4/h5-11H2,1-4H3. The van der Waals surface area contributed by atoms with Crippen molar-refractivity contribution in [1.29, 1.82) is 0 Å². The number of methoxy groups -OCH3 is 1. The second-order valence-corrected chi connectivity index (χ2v) is 4.33. The van der Waals surface area contributed by atoms with Gasteiger partial charge in [0.15, 0.2) is 0 Å². The third-order valence-electron chi connectivity index (χ3n) is 2.84. The van der Waals surface area contributed by atoms with Gasteiger partial charge >= 0.3 is 12.1 Å². The number of likely N-dealkylation sites (N-methyl/N-ethyl adjacent to an activating group) is 2. The van der Waals surface area contributed by atoms with Crippen LogP contribution in [-0.2, 0) is 23.8 Å². The number of hydrogen-bond acceptors (Lipinski definition) is 6. The van der Waals surface area contributed by atoms with Crippen LogP contribution in [0.3, 0.4) is 0 Å². The minimum absolute atomic E-state index is 0.125.